The van der Waals surface area contributed by atoms with Crippen LogP contribution >= 0.6 is 22.9 Å². The lowest BCUT2D eigenvalue weighted by atomic mass is 9.95. The van der Waals surface area contributed by atoms with E-state index < -0.39 is 6.04 Å². The lowest BCUT2D eigenvalue weighted by Gasteiger charge is -2.33. The Morgan fingerprint density at radius 2 is 1.79 bits per heavy atom. The highest BCUT2D eigenvalue weighted by atomic mass is 127. The van der Waals surface area contributed by atoms with Gasteiger partial charge in [0.05, 0.1) is 28.6 Å². The minimum absolute atomic E-state index is 0.129. The molecular formula is C22H20IN3O3. The van der Waals surface area contributed by atoms with Crippen LogP contribution in [0.3, 0.4) is 0 Å². The van der Waals surface area contributed by atoms with Gasteiger partial charge in [-0.2, -0.15) is 0 Å². The first-order valence-corrected chi connectivity index (χ1v) is 11.0. The number of imide groups is 1. The molecule has 0 aromatic heterocycles. The first-order valence-electron chi connectivity index (χ1n) is 10.1. The SMILES string of the molecule is CN1CC2C(C1)C2c1ccc2c3c(cccc13)N(C1CCC(=O)N(I)C1=O)C2=O. The van der Waals surface area contributed by atoms with Crippen LogP contribution in [0.2, 0.25) is 0 Å². The summed E-state index contributed by atoms with van der Waals surface area (Å²) in [5, 5.41) is 2.11. The van der Waals surface area contributed by atoms with Gasteiger partial charge in [0.15, 0.2) is 0 Å². The zero-order valence-electron chi connectivity index (χ0n) is 16.0. The van der Waals surface area contributed by atoms with E-state index in [-0.39, 0.29) is 24.1 Å². The average Bonchev–Trinajstić information content (AvgIpc) is 3.06. The van der Waals surface area contributed by atoms with Crippen LogP contribution in [0.15, 0.2) is 30.3 Å². The molecule has 3 amide bonds. The van der Waals surface area contributed by atoms with Crippen molar-refractivity contribution >= 4 is 57.0 Å². The maximum Gasteiger partial charge on any atom is 0.261 e. The standard InChI is InChI=1S/C22H20IN3O3/c1-24-9-14-15(10-24)19(14)12-5-6-13-20-11(12)3-2-4-16(20)25(21(13)28)17-7-8-18(27)26(23)22(17)29/h2-6,14-15,17,19H,7-10H2,1H3. The smallest absolute Gasteiger partial charge is 0.261 e. The second-order valence-corrected chi connectivity index (χ2v) is 9.68. The fraction of sp³-hybridized carbons (Fsp3) is 0.409. The van der Waals surface area contributed by atoms with Crippen LogP contribution in [-0.2, 0) is 9.59 Å². The number of rotatable bonds is 2. The van der Waals surface area contributed by atoms with Crippen molar-refractivity contribution in [3.05, 3.63) is 41.5 Å². The van der Waals surface area contributed by atoms with Gasteiger partial charge in [-0.25, -0.2) is 3.11 Å². The van der Waals surface area contributed by atoms with Crippen LogP contribution in [0.25, 0.3) is 10.8 Å². The maximum atomic E-state index is 13.3. The monoisotopic (exact) mass is 501 g/mol. The topological polar surface area (TPSA) is 60.9 Å². The Balaban J connectivity index is 1.44. The van der Waals surface area contributed by atoms with Crippen LogP contribution in [-0.4, -0.2) is 51.9 Å². The molecule has 7 heteroatoms. The summed E-state index contributed by atoms with van der Waals surface area (Å²) in [6, 6.07) is 9.49. The molecule has 0 spiro atoms. The van der Waals surface area contributed by atoms with Crippen LogP contribution in [0.1, 0.15) is 34.7 Å². The number of fused-ring (bicyclic) bond motifs is 1. The van der Waals surface area contributed by atoms with Gasteiger partial charge in [-0.15, -0.1) is 0 Å². The number of likely N-dealkylation sites (tertiary alicyclic amines) is 1. The molecular weight excluding hydrogens is 481 g/mol. The average molecular weight is 501 g/mol. The Bertz CT molecular complexity index is 1100. The molecule has 1 saturated carbocycles. The zero-order chi connectivity index (χ0) is 20.0. The molecule has 4 aliphatic rings. The summed E-state index contributed by atoms with van der Waals surface area (Å²) in [7, 11) is 2.18. The van der Waals surface area contributed by atoms with Gasteiger partial charge in [-0.05, 0) is 54.3 Å². The van der Waals surface area contributed by atoms with E-state index in [0.29, 0.717) is 29.7 Å². The number of nitrogens with zero attached hydrogens (tertiary/aromatic N) is 3. The van der Waals surface area contributed by atoms with Gasteiger partial charge in [0.25, 0.3) is 11.8 Å². The maximum absolute atomic E-state index is 13.3. The van der Waals surface area contributed by atoms with E-state index >= 15 is 0 Å². The van der Waals surface area contributed by atoms with E-state index in [1.165, 1.54) is 5.56 Å². The highest BCUT2D eigenvalue weighted by molar-refractivity contribution is 14.1. The Morgan fingerprint density at radius 3 is 2.55 bits per heavy atom. The first-order chi connectivity index (χ1) is 14.0. The van der Waals surface area contributed by atoms with Gasteiger partial charge in [0.2, 0.25) is 5.91 Å². The predicted octanol–water partition coefficient (Wildman–Crippen LogP) is 2.94. The van der Waals surface area contributed by atoms with Crippen molar-refractivity contribution in [3.63, 3.8) is 0 Å². The van der Waals surface area contributed by atoms with E-state index in [4.69, 9.17) is 0 Å². The molecule has 6 nitrogen and oxygen atoms in total. The van der Waals surface area contributed by atoms with E-state index in [9.17, 15) is 14.4 Å². The highest BCUT2D eigenvalue weighted by Crippen LogP contribution is 2.59. The molecule has 0 radical (unpaired) electrons. The van der Waals surface area contributed by atoms with Crippen LogP contribution in [0.4, 0.5) is 5.69 Å². The van der Waals surface area contributed by atoms with Gasteiger partial charge >= 0.3 is 0 Å². The largest absolute Gasteiger partial charge is 0.306 e. The molecule has 1 aliphatic carbocycles. The van der Waals surface area contributed by atoms with Gasteiger partial charge in [-0.1, -0.05) is 18.2 Å². The van der Waals surface area contributed by atoms with E-state index in [2.05, 4.69) is 24.1 Å². The Kier molecular flexibility index (Phi) is 3.69. The highest BCUT2D eigenvalue weighted by Gasteiger charge is 2.56. The third-order valence-corrected chi connectivity index (χ3v) is 8.15. The summed E-state index contributed by atoms with van der Waals surface area (Å²) in [4.78, 5) is 42.0. The van der Waals surface area contributed by atoms with Crippen molar-refractivity contribution in [1.82, 2.24) is 8.01 Å². The normalized spacial score (nSPS) is 31.2. The lowest BCUT2D eigenvalue weighted by Crippen LogP contribution is -2.52. The number of benzene rings is 2. The lowest BCUT2D eigenvalue weighted by molar-refractivity contribution is -0.140. The first kappa shape index (κ1) is 17.8. The molecule has 3 unspecified atom stereocenters. The molecule has 3 atom stereocenters. The summed E-state index contributed by atoms with van der Waals surface area (Å²) >= 11 is 1.75. The van der Waals surface area contributed by atoms with Crippen molar-refractivity contribution in [2.45, 2.75) is 24.8 Å². The number of piperidine rings is 2. The molecule has 6 rings (SSSR count). The number of carbonyl (C=O) groups is 3. The number of halogens is 1. The number of carbonyl (C=O) groups excluding carboxylic acids is 3. The molecule has 2 aromatic carbocycles. The van der Waals surface area contributed by atoms with E-state index in [1.807, 2.05) is 18.2 Å². The van der Waals surface area contributed by atoms with E-state index in [1.54, 1.807) is 27.8 Å². The number of amides is 3. The molecule has 3 aliphatic heterocycles. The van der Waals surface area contributed by atoms with Crippen LogP contribution in [0.5, 0.6) is 0 Å². The minimum atomic E-state index is -0.618. The Hall–Kier alpha value is -2.00. The van der Waals surface area contributed by atoms with Crippen molar-refractivity contribution in [3.8, 4) is 0 Å². The van der Waals surface area contributed by atoms with Gasteiger partial charge in [-0.3, -0.25) is 19.3 Å². The third-order valence-electron chi connectivity index (χ3n) is 7.14. The molecule has 0 bridgehead atoms. The quantitative estimate of drug-likeness (QED) is 0.361. The third kappa shape index (κ3) is 2.34. The number of anilines is 1. The summed E-state index contributed by atoms with van der Waals surface area (Å²) in [5.41, 5.74) is 2.82. The van der Waals surface area contributed by atoms with Crippen molar-refractivity contribution in [2.24, 2.45) is 11.8 Å². The molecule has 3 fully saturated rings. The minimum Gasteiger partial charge on any atom is -0.306 e. The Labute approximate surface area is 182 Å². The van der Waals surface area contributed by atoms with Crippen molar-refractivity contribution in [2.75, 3.05) is 25.0 Å². The zero-order valence-corrected chi connectivity index (χ0v) is 18.1. The number of hydrogen-bond acceptors (Lipinski definition) is 4. The summed E-state index contributed by atoms with van der Waals surface area (Å²) < 4.78 is 1.13. The van der Waals surface area contributed by atoms with Crippen LogP contribution in [0, 0.1) is 11.8 Å². The van der Waals surface area contributed by atoms with Gasteiger partial charge in [0.1, 0.15) is 6.04 Å². The van der Waals surface area contributed by atoms with Crippen LogP contribution < -0.4 is 4.90 Å². The van der Waals surface area contributed by atoms with Crippen molar-refractivity contribution in [1.29, 1.82) is 0 Å². The summed E-state index contributed by atoms with van der Waals surface area (Å²) in [5.74, 6) is 1.36. The molecule has 29 heavy (non-hydrogen) atoms. The van der Waals surface area contributed by atoms with Crippen molar-refractivity contribution < 1.29 is 14.4 Å². The second kappa shape index (κ2) is 6.01. The fourth-order valence-electron chi connectivity index (χ4n) is 5.80. The fourth-order valence-corrected chi connectivity index (χ4v) is 6.36. The second-order valence-electron chi connectivity index (χ2n) is 8.72. The van der Waals surface area contributed by atoms with Gasteiger partial charge < -0.3 is 4.90 Å². The molecule has 2 saturated heterocycles. The van der Waals surface area contributed by atoms with Gasteiger partial charge in [0, 0.05) is 30.5 Å². The molecule has 148 valence electrons. The van der Waals surface area contributed by atoms with E-state index in [0.717, 1.165) is 32.7 Å². The predicted molar refractivity (Wildman–Crippen MR) is 117 cm³/mol. The molecule has 0 N–H and O–H groups in total. The molecule has 2 aromatic rings. The summed E-state index contributed by atoms with van der Waals surface area (Å²) in [6.07, 6.45) is 0.652. The summed E-state index contributed by atoms with van der Waals surface area (Å²) in [6.45, 7) is 2.28. The molecule has 3 heterocycles. The number of hydrogen-bond donors (Lipinski definition) is 0. The Morgan fingerprint density at radius 1 is 1.03 bits per heavy atom.